The molecule has 2 aliphatic rings. The molecule has 1 saturated heterocycles. The monoisotopic (exact) mass is 472 g/mol. The first-order chi connectivity index (χ1) is 15.2. The predicted molar refractivity (Wildman–Crippen MR) is 128 cm³/mol. The lowest BCUT2D eigenvalue weighted by Gasteiger charge is -2.33. The average Bonchev–Trinajstić information content (AvgIpc) is 2.97. The molecule has 2 amide bonds. The molecular formula is C24H26Cl2N4O2. The number of rotatable bonds is 4. The van der Waals surface area contributed by atoms with Crippen LogP contribution in [-0.2, 0) is 15.1 Å². The highest BCUT2D eigenvalue weighted by molar-refractivity contribution is 6.35. The number of aliphatic imine (C=N–C) groups is 1. The van der Waals surface area contributed by atoms with Crippen LogP contribution in [0.1, 0.15) is 32.3 Å². The number of hydrogen-bond acceptors (Lipinski definition) is 4. The molecule has 0 bridgehead atoms. The molecule has 0 radical (unpaired) electrons. The number of carbonyl (C=O) groups excluding carboxylic acids is 2. The van der Waals surface area contributed by atoms with E-state index in [0.717, 1.165) is 29.5 Å². The number of benzene rings is 2. The Hall–Kier alpha value is -2.57. The third-order valence-electron chi connectivity index (χ3n) is 6.40. The van der Waals surface area contributed by atoms with Crippen LogP contribution < -0.4 is 5.73 Å². The van der Waals surface area contributed by atoms with Crippen molar-refractivity contribution in [3.63, 3.8) is 0 Å². The summed E-state index contributed by atoms with van der Waals surface area (Å²) in [5.41, 5.74) is 7.64. The standard InChI is InChI=1S/C24H26Cl2N4O2/c1-15(31)29-8-6-16(7-9-29)14-30-22(32)24(2,28-23(30)27)19-5-3-4-17(10-19)18-11-20(25)13-21(26)12-18/h3-5,10-13,16H,6-9,14H2,1-2H3,(H2,27,28). The molecule has 1 atom stereocenters. The van der Waals surface area contributed by atoms with Crippen LogP contribution in [0.25, 0.3) is 11.1 Å². The molecule has 1 unspecified atom stereocenters. The molecule has 32 heavy (non-hydrogen) atoms. The van der Waals surface area contributed by atoms with Gasteiger partial charge in [-0.1, -0.05) is 41.4 Å². The van der Waals surface area contributed by atoms with Crippen molar-refractivity contribution < 1.29 is 9.59 Å². The van der Waals surface area contributed by atoms with Gasteiger partial charge in [-0.15, -0.1) is 0 Å². The molecule has 0 aromatic heterocycles. The molecule has 2 aromatic rings. The molecule has 4 rings (SSSR count). The maximum atomic E-state index is 13.5. The second-order valence-electron chi connectivity index (χ2n) is 8.65. The summed E-state index contributed by atoms with van der Waals surface area (Å²) in [6.07, 6.45) is 1.69. The molecule has 2 aliphatic heterocycles. The topological polar surface area (TPSA) is 79.0 Å². The van der Waals surface area contributed by atoms with E-state index < -0.39 is 5.54 Å². The lowest BCUT2D eigenvalue weighted by atomic mass is 9.89. The molecule has 0 spiro atoms. The summed E-state index contributed by atoms with van der Waals surface area (Å²) < 4.78 is 0. The fourth-order valence-corrected chi connectivity index (χ4v) is 5.01. The normalized spacial score (nSPS) is 21.8. The first kappa shape index (κ1) is 22.6. The Morgan fingerprint density at radius 2 is 1.78 bits per heavy atom. The zero-order chi connectivity index (χ0) is 23.0. The minimum atomic E-state index is -1.09. The van der Waals surface area contributed by atoms with E-state index in [9.17, 15) is 9.59 Å². The van der Waals surface area contributed by atoms with Crippen LogP contribution in [0.15, 0.2) is 47.5 Å². The van der Waals surface area contributed by atoms with Gasteiger partial charge in [0.2, 0.25) is 5.91 Å². The largest absolute Gasteiger partial charge is 0.369 e. The SMILES string of the molecule is CC(=O)N1CCC(CN2C(=O)C(C)(c3cccc(-c4cc(Cl)cc(Cl)c4)c3)N=C2N)CC1. The van der Waals surface area contributed by atoms with E-state index in [-0.39, 0.29) is 23.7 Å². The number of guanidine groups is 1. The Bertz CT molecular complexity index is 1070. The van der Waals surface area contributed by atoms with Gasteiger partial charge < -0.3 is 10.6 Å². The fourth-order valence-electron chi connectivity index (χ4n) is 4.48. The average molecular weight is 473 g/mol. The minimum Gasteiger partial charge on any atom is -0.369 e. The van der Waals surface area contributed by atoms with Gasteiger partial charge in [0.1, 0.15) is 0 Å². The van der Waals surface area contributed by atoms with Crippen molar-refractivity contribution in [3.05, 3.63) is 58.1 Å². The maximum absolute atomic E-state index is 13.5. The number of carbonyl (C=O) groups is 2. The zero-order valence-electron chi connectivity index (χ0n) is 18.1. The molecule has 2 heterocycles. The van der Waals surface area contributed by atoms with Gasteiger partial charge in [-0.3, -0.25) is 14.5 Å². The number of piperidine rings is 1. The molecule has 0 aliphatic carbocycles. The first-order valence-corrected chi connectivity index (χ1v) is 11.4. The van der Waals surface area contributed by atoms with Crippen molar-refractivity contribution in [2.24, 2.45) is 16.6 Å². The number of amides is 2. The van der Waals surface area contributed by atoms with Crippen LogP contribution in [0.3, 0.4) is 0 Å². The van der Waals surface area contributed by atoms with Crippen molar-refractivity contribution in [1.29, 1.82) is 0 Å². The Morgan fingerprint density at radius 1 is 1.12 bits per heavy atom. The third kappa shape index (κ3) is 4.34. The van der Waals surface area contributed by atoms with Gasteiger partial charge in [0.15, 0.2) is 11.5 Å². The maximum Gasteiger partial charge on any atom is 0.261 e. The Morgan fingerprint density at radius 3 is 2.41 bits per heavy atom. The van der Waals surface area contributed by atoms with E-state index >= 15 is 0 Å². The molecular weight excluding hydrogens is 447 g/mol. The zero-order valence-corrected chi connectivity index (χ0v) is 19.7. The lowest BCUT2D eigenvalue weighted by Crippen LogP contribution is -2.46. The lowest BCUT2D eigenvalue weighted by molar-refractivity contribution is -0.133. The van der Waals surface area contributed by atoms with Gasteiger partial charge in [-0.25, -0.2) is 4.99 Å². The summed E-state index contributed by atoms with van der Waals surface area (Å²) in [7, 11) is 0. The first-order valence-electron chi connectivity index (χ1n) is 10.7. The Balaban J connectivity index is 1.55. The van der Waals surface area contributed by atoms with E-state index in [2.05, 4.69) is 4.99 Å². The summed E-state index contributed by atoms with van der Waals surface area (Å²) in [4.78, 5) is 33.1. The van der Waals surface area contributed by atoms with Crippen molar-refractivity contribution in [1.82, 2.24) is 9.80 Å². The van der Waals surface area contributed by atoms with Gasteiger partial charge in [0, 0.05) is 36.6 Å². The Kier molecular flexibility index (Phi) is 6.19. The quantitative estimate of drug-likeness (QED) is 0.720. The molecule has 8 heteroatoms. The van der Waals surface area contributed by atoms with Crippen molar-refractivity contribution >= 4 is 41.0 Å². The molecule has 2 N–H and O–H groups in total. The molecule has 0 saturated carbocycles. The third-order valence-corrected chi connectivity index (χ3v) is 6.83. The summed E-state index contributed by atoms with van der Waals surface area (Å²) in [5, 5.41) is 1.09. The number of likely N-dealkylation sites (tertiary alicyclic amines) is 1. The second kappa shape index (κ2) is 8.75. The van der Waals surface area contributed by atoms with Gasteiger partial charge in [0.25, 0.3) is 5.91 Å². The van der Waals surface area contributed by atoms with Crippen LogP contribution in [0.5, 0.6) is 0 Å². The van der Waals surface area contributed by atoms with E-state index in [0.29, 0.717) is 29.7 Å². The second-order valence-corrected chi connectivity index (χ2v) is 9.52. The number of halogens is 2. The highest BCUT2D eigenvalue weighted by Crippen LogP contribution is 2.36. The van der Waals surface area contributed by atoms with Crippen molar-refractivity contribution in [2.75, 3.05) is 19.6 Å². The van der Waals surface area contributed by atoms with Crippen molar-refractivity contribution in [3.8, 4) is 11.1 Å². The fraction of sp³-hybridized carbons (Fsp3) is 0.375. The van der Waals surface area contributed by atoms with Crippen LogP contribution in [-0.4, -0.2) is 47.2 Å². The van der Waals surface area contributed by atoms with Gasteiger partial charge >= 0.3 is 0 Å². The summed E-state index contributed by atoms with van der Waals surface area (Å²) >= 11 is 12.3. The van der Waals surface area contributed by atoms with E-state index in [1.807, 2.05) is 41.3 Å². The highest BCUT2D eigenvalue weighted by atomic mass is 35.5. The van der Waals surface area contributed by atoms with Crippen LogP contribution >= 0.6 is 23.2 Å². The van der Waals surface area contributed by atoms with Crippen LogP contribution in [0.2, 0.25) is 10.0 Å². The van der Waals surface area contributed by atoms with Crippen molar-refractivity contribution in [2.45, 2.75) is 32.2 Å². The molecule has 1 fully saturated rings. The number of hydrogen-bond donors (Lipinski definition) is 1. The van der Waals surface area contributed by atoms with Gasteiger partial charge in [-0.2, -0.15) is 0 Å². The predicted octanol–water partition coefficient (Wildman–Crippen LogP) is 4.29. The summed E-state index contributed by atoms with van der Waals surface area (Å²) in [5.74, 6) is 0.480. The van der Waals surface area contributed by atoms with Gasteiger partial charge in [0.05, 0.1) is 0 Å². The number of nitrogens with zero attached hydrogens (tertiary/aromatic N) is 3. The van der Waals surface area contributed by atoms with Gasteiger partial charge in [-0.05, 0) is 66.6 Å². The minimum absolute atomic E-state index is 0.0928. The molecule has 168 valence electrons. The summed E-state index contributed by atoms with van der Waals surface area (Å²) in [6.45, 7) is 5.32. The number of nitrogens with two attached hydrogens (primary N) is 1. The highest BCUT2D eigenvalue weighted by Gasteiger charge is 2.46. The summed E-state index contributed by atoms with van der Waals surface area (Å²) in [6, 6.07) is 13.0. The van der Waals surface area contributed by atoms with E-state index in [1.165, 1.54) is 0 Å². The van der Waals surface area contributed by atoms with Crippen LogP contribution in [0, 0.1) is 5.92 Å². The molecule has 2 aromatic carbocycles. The van der Waals surface area contributed by atoms with Crippen LogP contribution in [0.4, 0.5) is 0 Å². The van der Waals surface area contributed by atoms with E-state index in [1.54, 1.807) is 24.8 Å². The molecule has 6 nitrogen and oxygen atoms in total. The van der Waals surface area contributed by atoms with E-state index in [4.69, 9.17) is 28.9 Å². The Labute approximate surface area is 198 Å². The smallest absolute Gasteiger partial charge is 0.261 e.